The average Bonchev–Trinajstić information content (AvgIpc) is 1.17. The van der Waals surface area contributed by atoms with Crippen molar-refractivity contribution in [3.8, 4) is 67.8 Å². The fourth-order valence-corrected chi connectivity index (χ4v) is 14.4. The molecule has 39 heteroatoms. The Balaban J connectivity index is 0.000000243. The van der Waals surface area contributed by atoms with Gasteiger partial charge in [0.2, 0.25) is 0 Å². The number of alkyl halides is 3. The molecule has 0 saturated carbocycles. The molecule has 0 radical (unpaired) electrons. The van der Waals surface area contributed by atoms with Crippen molar-refractivity contribution >= 4 is 27.7 Å². The Morgan fingerprint density at radius 3 is 0.993 bits per heavy atom. The number of benzene rings is 5. The zero-order valence-corrected chi connectivity index (χ0v) is 90.7. The van der Waals surface area contributed by atoms with Crippen molar-refractivity contribution in [3.05, 3.63) is 405 Å². The van der Waals surface area contributed by atoms with E-state index in [0.717, 1.165) is 76.9 Å². The summed E-state index contributed by atoms with van der Waals surface area (Å²) in [4.78, 5) is 72.1. The third-order valence-electron chi connectivity index (χ3n) is 22.2. The molecule has 144 heavy (non-hydrogen) atoms. The maximum absolute atomic E-state index is 14.4. The topological polar surface area (TPSA) is 321 Å². The predicted octanol–water partition coefficient (Wildman–Crippen LogP) is 21.8. The molecule has 0 bridgehead atoms. The van der Waals surface area contributed by atoms with Gasteiger partial charge in [-0.05, 0) is 208 Å². The Hall–Kier alpha value is -12.0. The molecule has 16 rings (SSSR count). The first-order valence-electron chi connectivity index (χ1n) is 42.4. The fraction of sp³-hybridized carbons (Fsp3) is 0.200. The third-order valence-corrected chi connectivity index (χ3v) is 22.9. The minimum Gasteiger partial charge on any atom is -0.477 e. The first-order valence-corrected chi connectivity index (χ1v) is 43.8. The van der Waals surface area contributed by atoms with Crippen LogP contribution in [0.2, 0.25) is 0 Å². The van der Waals surface area contributed by atoms with Gasteiger partial charge in [-0.25, -0.2) is 24.5 Å². The van der Waals surface area contributed by atoms with Crippen LogP contribution in [0.15, 0.2) is 254 Å². The Kier molecular flexibility index (Phi) is 40.7. The quantitative estimate of drug-likeness (QED) is 0.0295. The first-order chi connectivity index (χ1) is 65.3. The van der Waals surface area contributed by atoms with Crippen LogP contribution in [0.3, 0.4) is 0 Å². The van der Waals surface area contributed by atoms with Crippen molar-refractivity contribution in [1.82, 2.24) is 65.0 Å². The third kappa shape index (κ3) is 29.0. The molecule has 762 valence electrons. The predicted molar refractivity (Wildman–Crippen MR) is 497 cm³/mol. The average molecular weight is 2890 g/mol. The molecule has 0 unspecified atom stereocenters. The Labute approximate surface area is 895 Å². The molecule has 22 nitrogen and oxygen atoms in total. The van der Waals surface area contributed by atoms with E-state index in [1.54, 1.807) is 137 Å². The summed E-state index contributed by atoms with van der Waals surface area (Å²) in [5.41, 5.74) is 5.60. The molecule has 0 saturated heterocycles. The largest absolute Gasteiger partial charge is 2.00 e. The van der Waals surface area contributed by atoms with Crippen molar-refractivity contribution in [2.75, 3.05) is 19.0 Å². The number of rotatable bonds is 21. The summed E-state index contributed by atoms with van der Waals surface area (Å²) >= 11 is 0. The summed E-state index contributed by atoms with van der Waals surface area (Å²) in [6.07, 6.45) is -4.71. The van der Waals surface area contributed by atoms with Gasteiger partial charge in [0.15, 0.2) is 5.03 Å². The van der Waals surface area contributed by atoms with Crippen LogP contribution in [0.4, 0.5) is 54.0 Å². The Morgan fingerprint density at radius 1 is 0.347 bits per heavy atom. The van der Waals surface area contributed by atoms with Gasteiger partial charge in [-0.2, -0.15) is 21.6 Å². The number of carboxylic acid groups (broad SMARTS) is 2. The molecule has 5 aromatic carbocycles. The molecular weight excluding hydrogens is 2800 g/mol. The molecule has 16 aromatic rings. The second kappa shape index (κ2) is 49.3. The van der Waals surface area contributed by atoms with Crippen molar-refractivity contribution < 1.29 is 192 Å². The standard InChI is InChI=1S/C22H14F5N5.C22H20F2N3O2.C22H21F2N2O.C20H15F2N2O2.C19H17N2O3S.5Pt/c1-21(2,17-7-3-5-15(28-17)13-10-9-12(23)11-14(13)24)18-8-4-6-16(29-18)19-30-20(32-31-19)22(25,26)27;1-22(2,19-7-5-6-17(25-19)21(28)29)20-12-14(27(3)4)11-18(26-20)15-9-8-13(23)10-16(15)24;1-21(2,19-9-6-10-20(26-19)22(3,4)27)18-8-5-7-17(25-18)15-12-11-14(23)13-16(15)24;1-20(2,18-8-4-6-16(24-18)19(25)26)17-7-3-5-15(23-17)13-10-9-12(21)11-14(13)22;1-19(2,17-12-7-13-18(21-17)25(22,23)24)16-11-6-10-15(20-16)14-8-4-3-5-9-14;;;;;/h3-9,11H,1-2H3;5-8,10-12H,1-4H3,(H,28,29);5-11,13,27H,1-4H3;3-9,11H,1-2H3,(H,25,26);3-8,10-13H,1-2H3,(H,22,23,24);;;;;/q-2;4*-1;;;;;+2. The Bertz CT molecular complexity index is 7360. The van der Waals surface area contributed by atoms with E-state index in [-0.39, 0.29) is 161 Å². The molecule has 0 amide bonds. The van der Waals surface area contributed by atoms with Gasteiger partial charge in [-0.15, -0.1) is 84.4 Å². The SMILES string of the molecule is CC(C)(O)c1cccc(C(C)(C)c2cccc(-c3[c-]cc(F)cc3F)n2)n1.CC(C)(c1cccc(-c2[c-]cccc2)n1)c1cccc(S(=O)(=O)O)n1.CC(C)(c1cccc(-c2nc(C(F)(F)F)n[n-]2)n1)c1cccc(-c2[c-]cc(F)cc2F)n1.CC(C)(c1cccc(C(=O)O)n1)c1cccc(-c2[c-]cc(F)cc2F)n1.CN(C)c1cc(-c2[c-]cc(F)cc2F)nc(C(C)(C)c2cccc(C(=O)O)n2)c1.[Pt+2].[Pt].[Pt].[Pt].[Pt]. The minimum atomic E-state index is -4.71. The summed E-state index contributed by atoms with van der Waals surface area (Å²) < 4.78 is 180. The van der Waals surface area contributed by atoms with Crippen LogP contribution in [0.25, 0.3) is 67.8 Å². The van der Waals surface area contributed by atoms with E-state index in [2.05, 4.69) is 90.4 Å². The van der Waals surface area contributed by atoms with Crippen LogP contribution >= 0.6 is 0 Å². The summed E-state index contributed by atoms with van der Waals surface area (Å²) in [5.74, 6) is -9.71. The van der Waals surface area contributed by atoms with E-state index in [1.807, 2.05) is 141 Å². The minimum absolute atomic E-state index is 0. The first kappa shape index (κ1) is 119. The van der Waals surface area contributed by atoms with Gasteiger partial charge < -0.3 is 55.2 Å². The van der Waals surface area contributed by atoms with Gasteiger partial charge in [0.1, 0.15) is 22.8 Å². The van der Waals surface area contributed by atoms with Crippen LogP contribution < -0.4 is 10.00 Å². The summed E-state index contributed by atoms with van der Waals surface area (Å²) in [5, 5.41) is 34.8. The van der Waals surface area contributed by atoms with Gasteiger partial charge in [0, 0.05) is 206 Å². The van der Waals surface area contributed by atoms with E-state index in [1.165, 1.54) is 24.3 Å². The van der Waals surface area contributed by atoms with Crippen LogP contribution in [-0.2, 0) is 154 Å². The maximum atomic E-state index is 14.4. The fourth-order valence-electron chi connectivity index (χ4n) is 13.9. The molecule has 0 atom stereocenters. The van der Waals surface area contributed by atoms with E-state index in [0.29, 0.717) is 68.3 Å². The number of aromatic carboxylic acids is 2. The molecule has 0 spiro atoms. The summed E-state index contributed by atoms with van der Waals surface area (Å²) in [7, 11) is -0.681. The van der Waals surface area contributed by atoms with Crippen LogP contribution in [0, 0.1) is 76.9 Å². The molecular formula is C105H87F11N14O8Pt5S-4. The molecule has 0 aliphatic carbocycles. The van der Waals surface area contributed by atoms with Gasteiger partial charge in [-0.1, -0.05) is 131 Å². The number of halogens is 11. The molecule has 0 aliphatic rings. The van der Waals surface area contributed by atoms with Gasteiger partial charge in [-0.3, -0.25) is 54.7 Å². The van der Waals surface area contributed by atoms with Crippen molar-refractivity contribution in [2.45, 2.75) is 127 Å². The van der Waals surface area contributed by atoms with Crippen molar-refractivity contribution in [2.24, 2.45) is 0 Å². The van der Waals surface area contributed by atoms with Crippen LogP contribution in [-0.4, -0.2) is 114 Å². The molecule has 0 fully saturated rings. The van der Waals surface area contributed by atoms with E-state index in [9.17, 15) is 81.1 Å². The molecule has 4 N–H and O–H groups in total. The zero-order valence-electron chi connectivity index (χ0n) is 78.5. The van der Waals surface area contributed by atoms with E-state index < -0.39 is 113 Å². The second-order valence-corrected chi connectivity index (χ2v) is 36.2. The van der Waals surface area contributed by atoms with Gasteiger partial charge in [0.25, 0.3) is 0 Å². The number of pyridine rings is 10. The normalized spacial score (nSPS) is 11.5. The maximum Gasteiger partial charge on any atom is 2.00 e. The number of aliphatic hydroxyl groups is 1. The second-order valence-electron chi connectivity index (χ2n) is 34.8. The van der Waals surface area contributed by atoms with Crippen molar-refractivity contribution in [3.63, 3.8) is 0 Å². The van der Waals surface area contributed by atoms with Crippen LogP contribution in [0.5, 0.6) is 0 Å². The van der Waals surface area contributed by atoms with Crippen molar-refractivity contribution in [1.29, 1.82) is 0 Å². The molecule has 11 aromatic heterocycles. The number of aromatic nitrogens is 13. The molecule has 11 heterocycles. The number of anilines is 1. The van der Waals surface area contributed by atoms with Crippen LogP contribution in [0.1, 0.15) is 173 Å². The summed E-state index contributed by atoms with van der Waals surface area (Å²) in [6.45, 7) is 22.1. The van der Waals surface area contributed by atoms with Gasteiger partial charge in [0.05, 0.1) is 39.9 Å². The number of nitrogens with zero attached hydrogens (tertiary/aromatic N) is 14. The Morgan fingerprint density at radius 2 is 0.653 bits per heavy atom. The summed E-state index contributed by atoms with van der Waals surface area (Å²) in [6, 6.07) is 77.1. The molecule has 0 aliphatic heterocycles. The smallest absolute Gasteiger partial charge is 0.477 e. The van der Waals surface area contributed by atoms with E-state index in [4.69, 9.17) is 10.1 Å². The zero-order chi connectivity index (χ0) is 101. The number of carbonyl (C=O) groups is 2. The van der Waals surface area contributed by atoms with Gasteiger partial charge >= 0.3 is 49.3 Å². The number of hydrogen-bond donors (Lipinski definition) is 4. The number of hydrogen-bond acceptors (Lipinski definition) is 18. The number of carboxylic acids is 2. The van der Waals surface area contributed by atoms with E-state index >= 15 is 0 Å². The monoisotopic (exact) mass is 2890 g/mol.